The molecule has 156 valence electrons. The van der Waals surface area contributed by atoms with Crippen molar-refractivity contribution < 1.29 is 22.7 Å². The van der Waals surface area contributed by atoms with Crippen LogP contribution in [0.1, 0.15) is 54.4 Å². The molecule has 1 N–H and O–H groups in total. The van der Waals surface area contributed by atoms with Gasteiger partial charge in [-0.2, -0.15) is 13.2 Å². The molecule has 2 fully saturated rings. The predicted molar refractivity (Wildman–Crippen MR) is 104 cm³/mol. The van der Waals surface area contributed by atoms with Crippen LogP contribution >= 0.6 is 11.8 Å². The fraction of sp³-hybridized carbons (Fsp3) is 0.650. The molecule has 4 nitrogen and oxygen atoms in total. The smallest absolute Gasteiger partial charge is 0.416 e. The van der Waals surface area contributed by atoms with Crippen molar-refractivity contribution in [3.8, 4) is 5.75 Å². The number of hydrogen-bond donors (Lipinski definition) is 1. The summed E-state index contributed by atoms with van der Waals surface area (Å²) < 4.78 is 44.7. The van der Waals surface area contributed by atoms with Gasteiger partial charge in [-0.05, 0) is 57.2 Å². The number of amides is 1. The van der Waals surface area contributed by atoms with E-state index in [0.717, 1.165) is 62.7 Å². The summed E-state index contributed by atoms with van der Waals surface area (Å²) >= 11 is 1.12. The zero-order valence-electron chi connectivity index (χ0n) is 16.3. The summed E-state index contributed by atoms with van der Waals surface area (Å²) in [7, 11) is 1.30. The van der Waals surface area contributed by atoms with Crippen molar-refractivity contribution in [2.45, 2.75) is 61.7 Å². The summed E-state index contributed by atoms with van der Waals surface area (Å²) in [5.41, 5.74) is -0.619. The number of benzene rings is 1. The van der Waals surface area contributed by atoms with Gasteiger partial charge in [-0.3, -0.25) is 9.69 Å². The van der Waals surface area contributed by atoms with Crippen LogP contribution in [0.2, 0.25) is 0 Å². The molecule has 1 amide bonds. The van der Waals surface area contributed by atoms with Crippen molar-refractivity contribution in [1.29, 1.82) is 0 Å². The third-order valence-electron chi connectivity index (χ3n) is 5.72. The van der Waals surface area contributed by atoms with E-state index in [9.17, 15) is 18.0 Å². The van der Waals surface area contributed by atoms with Crippen molar-refractivity contribution >= 4 is 17.7 Å². The maximum absolute atomic E-state index is 13.2. The van der Waals surface area contributed by atoms with Gasteiger partial charge >= 0.3 is 6.18 Å². The summed E-state index contributed by atoms with van der Waals surface area (Å²) in [5, 5.41) is 3.11. The zero-order valence-corrected chi connectivity index (χ0v) is 17.1. The van der Waals surface area contributed by atoms with E-state index in [4.69, 9.17) is 4.74 Å². The van der Waals surface area contributed by atoms with Gasteiger partial charge in [0.25, 0.3) is 5.91 Å². The van der Waals surface area contributed by atoms with Gasteiger partial charge in [0.1, 0.15) is 5.75 Å². The fourth-order valence-electron chi connectivity index (χ4n) is 4.33. The first-order chi connectivity index (χ1) is 13.3. The minimum absolute atomic E-state index is 0.0149. The first-order valence-corrected chi connectivity index (χ1v) is 11.0. The summed E-state index contributed by atoms with van der Waals surface area (Å²) in [5.74, 6) is -0.392. The van der Waals surface area contributed by atoms with E-state index >= 15 is 0 Å². The highest BCUT2D eigenvalue weighted by Crippen LogP contribution is 2.38. The molecule has 0 bridgehead atoms. The first kappa shape index (κ1) is 21.3. The molecule has 1 aliphatic heterocycles. The molecular formula is C20H27F3N2O2S. The van der Waals surface area contributed by atoms with E-state index in [1.165, 1.54) is 20.0 Å². The largest absolute Gasteiger partial charge is 0.496 e. The maximum Gasteiger partial charge on any atom is 0.416 e. The van der Waals surface area contributed by atoms with Gasteiger partial charge in [0.15, 0.2) is 0 Å². The summed E-state index contributed by atoms with van der Waals surface area (Å²) in [6.45, 7) is 2.10. The number of hydrogen-bond acceptors (Lipinski definition) is 4. The molecule has 0 unspecified atom stereocenters. The van der Waals surface area contributed by atoms with Gasteiger partial charge in [-0.25, -0.2) is 0 Å². The van der Waals surface area contributed by atoms with Crippen LogP contribution in [-0.2, 0) is 6.18 Å². The van der Waals surface area contributed by atoms with E-state index in [1.54, 1.807) is 6.26 Å². The van der Waals surface area contributed by atoms with Crippen LogP contribution in [0, 0.1) is 0 Å². The molecule has 1 aromatic carbocycles. The molecule has 1 saturated heterocycles. The van der Waals surface area contributed by atoms with Gasteiger partial charge in [0.2, 0.25) is 0 Å². The van der Waals surface area contributed by atoms with Crippen molar-refractivity contribution in [2.24, 2.45) is 0 Å². The molecule has 3 rings (SSSR count). The molecule has 0 spiro atoms. The lowest BCUT2D eigenvalue weighted by molar-refractivity contribution is -0.137. The average molecular weight is 417 g/mol. The summed E-state index contributed by atoms with van der Waals surface area (Å²) in [4.78, 5) is 15.8. The number of likely N-dealkylation sites (tertiary alicyclic amines) is 1. The zero-order chi connectivity index (χ0) is 20.3. The van der Waals surface area contributed by atoms with Crippen molar-refractivity contribution in [1.82, 2.24) is 10.2 Å². The Morgan fingerprint density at radius 1 is 1.18 bits per heavy atom. The third-order valence-corrected chi connectivity index (χ3v) is 6.48. The van der Waals surface area contributed by atoms with Crippen LogP contribution in [0.25, 0.3) is 0 Å². The predicted octanol–water partition coefficient (Wildman–Crippen LogP) is 4.57. The van der Waals surface area contributed by atoms with Gasteiger partial charge in [-0.15, -0.1) is 11.8 Å². The number of carbonyl (C=O) groups is 1. The van der Waals surface area contributed by atoms with Gasteiger partial charge < -0.3 is 10.1 Å². The lowest BCUT2D eigenvalue weighted by Crippen LogP contribution is -2.52. The maximum atomic E-state index is 13.2. The number of thioether (sulfide) groups is 1. The van der Waals surface area contributed by atoms with Crippen LogP contribution in [0.15, 0.2) is 17.0 Å². The Balaban J connectivity index is 1.86. The first-order valence-electron chi connectivity index (χ1n) is 9.73. The fourth-order valence-corrected chi connectivity index (χ4v) is 4.97. The van der Waals surface area contributed by atoms with E-state index in [2.05, 4.69) is 10.2 Å². The Kier molecular flexibility index (Phi) is 6.81. The van der Waals surface area contributed by atoms with Crippen LogP contribution in [0.4, 0.5) is 13.2 Å². The Bertz CT molecular complexity index is 680. The minimum atomic E-state index is -4.49. The Morgan fingerprint density at radius 2 is 1.86 bits per heavy atom. The summed E-state index contributed by atoms with van der Waals surface area (Å²) in [6.07, 6.45) is 3.67. The molecule has 2 aliphatic rings. The van der Waals surface area contributed by atoms with E-state index in [1.807, 2.05) is 0 Å². The molecular weight excluding hydrogens is 389 g/mol. The molecule has 1 heterocycles. The standard InChI is InChI=1S/C20H27F3N2O2S/c1-27-16-11-13(20(21,22)23)12-17(28-2)18(16)19(26)24-14-7-3-4-8-15(14)25-9-5-6-10-25/h11-12,14-15H,3-10H2,1-2H3,(H,24,26)/t14-,15-/m1/s1. The number of carbonyl (C=O) groups excluding carboxylic acids is 1. The van der Waals surface area contributed by atoms with Crippen LogP contribution in [0.3, 0.4) is 0 Å². The SMILES string of the molecule is COc1cc(C(F)(F)F)cc(SC)c1C(=O)N[C@@H]1CCCC[C@H]1N1CCCC1. The second-order valence-electron chi connectivity index (χ2n) is 7.43. The van der Waals surface area contributed by atoms with Crippen LogP contribution in [-0.4, -0.2) is 49.3 Å². The van der Waals surface area contributed by atoms with Gasteiger partial charge in [0, 0.05) is 17.0 Å². The second kappa shape index (κ2) is 8.95. The quantitative estimate of drug-likeness (QED) is 0.714. The number of halogens is 3. The number of ether oxygens (including phenoxy) is 1. The number of nitrogens with zero attached hydrogens (tertiary/aromatic N) is 1. The van der Waals surface area contributed by atoms with Crippen molar-refractivity contribution in [3.05, 3.63) is 23.3 Å². The number of methoxy groups -OCH3 is 1. The number of nitrogens with one attached hydrogen (secondary N) is 1. The van der Waals surface area contributed by atoms with E-state index in [-0.39, 0.29) is 28.2 Å². The van der Waals surface area contributed by atoms with E-state index < -0.39 is 11.7 Å². The van der Waals surface area contributed by atoms with Crippen molar-refractivity contribution in [3.63, 3.8) is 0 Å². The Morgan fingerprint density at radius 3 is 2.46 bits per heavy atom. The third kappa shape index (κ3) is 4.59. The monoisotopic (exact) mass is 416 g/mol. The molecule has 0 radical (unpaired) electrons. The number of rotatable bonds is 5. The van der Waals surface area contributed by atoms with Gasteiger partial charge in [-0.1, -0.05) is 12.8 Å². The molecule has 28 heavy (non-hydrogen) atoms. The topological polar surface area (TPSA) is 41.6 Å². The van der Waals surface area contributed by atoms with E-state index in [0.29, 0.717) is 6.04 Å². The highest BCUT2D eigenvalue weighted by atomic mass is 32.2. The minimum Gasteiger partial charge on any atom is -0.496 e. The molecule has 0 aromatic heterocycles. The van der Waals surface area contributed by atoms with Gasteiger partial charge in [0.05, 0.1) is 18.2 Å². The highest BCUT2D eigenvalue weighted by Gasteiger charge is 2.36. The molecule has 8 heteroatoms. The molecule has 2 atom stereocenters. The molecule has 1 aromatic rings. The van der Waals surface area contributed by atoms with Crippen LogP contribution in [0.5, 0.6) is 5.75 Å². The van der Waals surface area contributed by atoms with Crippen LogP contribution < -0.4 is 10.1 Å². The lowest BCUT2D eigenvalue weighted by Gasteiger charge is -2.38. The highest BCUT2D eigenvalue weighted by molar-refractivity contribution is 7.98. The average Bonchev–Trinajstić information content (AvgIpc) is 3.21. The summed E-state index contributed by atoms with van der Waals surface area (Å²) in [6, 6.07) is 2.26. The van der Waals surface area contributed by atoms with Crippen molar-refractivity contribution in [2.75, 3.05) is 26.5 Å². The lowest BCUT2D eigenvalue weighted by atomic mass is 9.89. The molecule has 1 aliphatic carbocycles. The Labute approximate surface area is 168 Å². The number of alkyl halides is 3. The second-order valence-corrected chi connectivity index (χ2v) is 8.28. The Hall–Kier alpha value is -1.41. The molecule has 1 saturated carbocycles. The normalized spacial score (nSPS) is 23.6.